The van der Waals surface area contributed by atoms with E-state index < -0.39 is 22.9 Å². The Morgan fingerprint density at radius 3 is 2.50 bits per heavy atom. The predicted molar refractivity (Wildman–Crippen MR) is 163 cm³/mol. The molecule has 3 aliphatic rings. The smallest absolute Gasteiger partial charge is 0.178 e. The molecule has 2 aromatic carbocycles. The SMILES string of the molecule is C=C(N)C1=C(C)C[C@@H]2CC3Cc4c(-c5cccc(C(=C)NCCN(C)C)c5F)ccc(O)c4C(O)=C3C(=O)[C@]2(C)C1=O. The number of phenols is 1. The zero-order valence-electron chi connectivity index (χ0n) is 24.6. The van der Waals surface area contributed by atoms with E-state index in [2.05, 4.69) is 18.5 Å². The van der Waals surface area contributed by atoms with Crippen molar-refractivity contribution >= 4 is 23.0 Å². The molecule has 1 fully saturated rings. The van der Waals surface area contributed by atoms with Crippen LogP contribution in [0.15, 0.2) is 65.9 Å². The number of benzene rings is 2. The molecule has 2 aromatic rings. The lowest BCUT2D eigenvalue weighted by molar-refractivity contribution is -0.142. The van der Waals surface area contributed by atoms with Gasteiger partial charge in [-0.05, 0) is 82.3 Å². The van der Waals surface area contributed by atoms with Crippen molar-refractivity contribution in [2.45, 2.75) is 33.1 Å². The number of hydrogen-bond acceptors (Lipinski definition) is 7. The summed E-state index contributed by atoms with van der Waals surface area (Å²) in [5.41, 5.74) is 8.16. The molecule has 42 heavy (non-hydrogen) atoms. The minimum absolute atomic E-state index is 0.0975. The van der Waals surface area contributed by atoms with Crippen LogP contribution >= 0.6 is 0 Å². The number of allylic oxidation sites excluding steroid dienone is 3. The van der Waals surface area contributed by atoms with Gasteiger partial charge in [-0.3, -0.25) is 9.59 Å². The summed E-state index contributed by atoms with van der Waals surface area (Å²) in [4.78, 5) is 29.8. The molecule has 1 saturated carbocycles. The monoisotopic (exact) mass is 571 g/mol. The van der Waals surface area contributed by atoms with Crippen LogP contribution in [-0.4, -0.2) is 53.9 Å². The number of likely N-dealkylation sites (N-methyl/N-ethyl adjacent to an activating group) is 1. The summed E-state index contributed by atoms with van der Waals surface area (Å²) >= 11 is 0. The number of carbonyl (C=O) groups excluding carboxylic acids is 2. The van der Waals surface area contributed by atoms with Gasteiger partial charge in [0.25, 0.3) is 0 Å². The topological polar surface area (TPSA) is 116 Å². The predicted octanol–water partition coefficient (Wildman–Crippen LogP) is 5.12. The second-order valence-corrected chi connectivity index (χ2v) is 12.2. The van der Waals surface area contributed by atoms with E-state index in [-0.39, 0.29) is 45.6 Å². The minimum Gasteiger partial charge on any atom is -0.507 e. The lowest BCUT2D eigenvalue weighted by Crippen LogP contribution is -2.53. The Hall–Kier alpha value is -4.17. The standard InChI is InChI=1S/C34H38FN3O4/c1-17-14-21-15-20-16-25-23(24-9-7-8-22(30(24)35)19(3)37-12-13-38(5)6)10-11-26(39)29(25)31(40)28(20)33(42)34(21,4)32(41)27(17)18(2)36/h7-11,20-21,37,39-40H,2-3,12-16,36H2,1,4-6H3/t20?,21-,34+/m1/s1. The minimum atomic E-state index is -1.40. The number of carbonyl (C=O) groups is 2. The first-order chi connectivity index (χ1) is 19.8. The van der Waals surface area contributed by atoms with Crippen molar-refractivity contribution in [1.82, 2.24) is 10.2 Å². The molecule has 7 nitrogen and oxygen atoms in total. The third kappa shape index (κ3) is 4.45. The maximum Gasteiger partial charge on any atom is 0.178 e. The van der Waals surface area contributed by atoms with Gasteiger partial charge in [0.15, 0.2) is 11.6 Å². The summed E-state index contributed by atoms with van der Waals surface area (Å²) in [6, 6.07) is 8.10. The van der Waals surface area contributed by atoms with Crippen molar-refractivity contribution in [3.05, 3.63) is 88.4 Å². The number of nitrogens with two attached hydrogens (primary N) is 1. The number of ketones is 2. The lowest BCUT2D eigenvalue weighted by Gasteiger charge is -2.48. The van der Waals surface area contributed by atoms with Gasteiger partial charge in [-0.25, -0.2) is 4.39 Å². The van der Waals surface area contributed by atoms with Gasteiger partial charge in [-0.15, -0.1) is 0 Å². The van der Waals surface area contributed by atoms with Gasteiger partial charge in [0.1, 0.15) is 17.3 Å². The molecule has 8 heteroatoms. The van der Waals surface area contributed by atoms with Gasteiger partial charge in [0.2, 0.25) is 0 Å². The van der Waals surface area contributed by atoms with Crippen LogP contribution < -0.4 is 11.1 Å². The number of aromatic hydroxyl groups is 1. The number of halogens is 1. The average Bonchev–Trinajstić information content (AvgIpc) is 2.91. The molecule has 0 saturated heterocycles. The molecule has 0 heterocycles. The molecule has 0 bridgehead atoms. The Morgan fingerprint density at radius 1 is 1.12 bits per heavy atom. The Morgan fingerprint density at radius 2 is 1.83 bits per heavy atom. The van der Waals surface area contributed by atoms with E-state index in [1.54, 1.807) is 31.2 Å². The quantitative estimate of drug-likeness (QED) is 0.341. The van der Waals surface area contributed by atoms with Crippen LogP contribution in [-0.2, 0) is 16.0 Å². The van der Waals surface area contributed by atoms with Gasteiger partial charge in [-0.2, -0.15) is 0 Å². The fourth-order valence-electron chi connectivity index (χ4n) is 7.00. The van der Waals surface area contributed by atoms with E-state index in [9.17, 15) is 19.8 Å². The highest BCUT2D eigenvalue weighted by atomic mass is 19.1. The van der Waals surface area contributed by atoms with Crippen LogP contribution in [0, 0.1) is 23.1 Å². The number of hydrogen-bond donors (Lipinski definition) is 4. The third-order valence-electron chi connectivity index (χ3n) is 9.25. The number of aliphatic hydroxyl groups is 1. The number of phenolic OH excluding ortho intramolecular Hbond substituents is 1. The lowest BCUT2D eigenvalue weighted by atomic mass is 9.53. The van der Waals surface area contributed by atoms with Gasteiger partial charge < -0.3 is 26.2 Å². The van der Waals surface area contributed by atoms with E-state index in [1.165, 1.54) is 6.07 Å². The summed E-state index contributed by atoms with van der Waals surface area (Å²) in [6.07, 6.45) is 1.28. The maximum atomic E-state index is 16.1. The van der Waals surface area contributed by atoms with Crippen molar-refractivity contribution in [2.75, 3.05) is 27.2 Å². The van der Waals surface area contributed by atoms with Crippen LogP contribution in [0.1, 0.15) is 43.4 Å². The summed E-state index contributed by atoms with van der Waals surface area (Å²) in [7, 11) is 3.90. The normalized spacial score (nSPS) is 23.5. The first-order valence-electron chi connectivity index (χ1n) is 14.2. The zero-order valence-corrected chi connectivity index (χ0v) is 24.6. The molecule has 5 N–H and O–H groups in total. The zero-order chi connectivity index (χ0) is 30.7. The molecule has 0 radical (unpaired) electrons. The Labute approximate surface area is 245 Å². The fourth-order valence-corrected chi connectivity index (χ4v) is 7.00. The van der Waals surface area contributed by atoms with Crippen LogP contribution in [0.4, 0.5) is 4.39 Å². The molecule has 5 rings (SSSR count). The first kappa shape index (κ1) is 29.3. The van der Waals surface area contributed by atoms with E-state index >= 15 is 4.39 Å². The van der Waals surface area contributed by atoms with Crippen molar-refractivity contribution in [2.24, 2.45) is 23.0 Å². The number of Topliss-reactive ketones (excluding diaryl/α,β-unsaturated/α-hetero) is 2. The average molecular weight is 572 g/mol. The molecular formula is C34H38FN3O4. The van der Waals surface area contributed by atoms with Crippen molar-refractivity contribution in [1.29, 1.82) is 0 Å². The summed E-state index contributed by atoms with van der Waals surface area (Å²) in [5, 5.41) is 25.6. The number of rotatable bonds is 7. The third-order valence-corrected chi connectivity index (χ3v) is 9.25. The molecule has 0 aromatic heterocycles. The van der Waals surface area contributed by atoms with Crippen molar-refractivity contribution in [3.8, 4) is 16.9 Å². The van der Waals surface area contributed by atoms with Gasteiger partial charge in [0.05, 0.1) is 11.0 Å². The number of nitrogens with one attached hydrogen (secondary N) is 1. The summed E-state index contributed by atoms with van der Waals surface area (Å²) in [6.45, 7) is 12.6. The molecule has 0 aliphatic heterocycles. The fraction of sp³-hybridized carbons (Fsp3) is 0.353. The number of aliphatic hydroxyl groups excluding tert-OH is 1. The molecule has 220 valence electrons. The van der Waals surface area contributed by atoms with Crippen LogP contribution in [0.25, 0.3) is 22.6 Å². The highest BCUT2D eigenvalue weighted by Crippen LogP contribution is 2.56. The Bertz CT molecular complexity index is 1620. The summed E-state index contributed by atoms with van der Waals surface area (Å²) in [5.74, 6) is -2.57. The second kappa shape index (κ2) is 10.6. The molecule has 0 amide bonds. The van der Waals surface area contributed by atoms with Crippen LogP contribution in [0.3, 0.4) is 0 Å². The van der Waals surface area contributed by atoms with E-state index in [0.29, 0.717) is 53.8 Å². The Kier molecular flexibility index (Phi) is 7.39. The molecule has 3 aliphatic carbocycles. The molecule has 1 unspecified atom stereocenters. The van der Waals surface area contributed by atoms with E-state index in [1.807, 2.05) is 25.9 Å². The highest BCUT2D eigenvalue weighted by Gasteiger charge is 2.58. The van der Waals surface area contributed by atoms with Gasteiger partial charge in [-0.1, -0.05) is 36.9 Å². The molecular weight excluding hydrogens is 533 g/mol. The van der Waals surface area contributed by atoms with Crippen molar-refractivity contribution in [3.63, 3.8) is 0 Å². The number of nitrogens with zero attached hydrogens (tertiary/aromatic N) is 1. The van der Waals surface area contributed by atoms with E-state index in [4.69, 9.17) is 5.73 Å². The van der Waals surface area contributed by atoms with Gasteiger partial charge >= 0.3 is 0 Å². The van der Waals surface area contributed by atoms with Gasteiger partial charge in [0, 0.05) is 46.8 Å². The Balaban J connectivity index is 1.59. The van der Waals surface area contributed by atoms with Crippen LogP contribution in [0.5, 0.6) is 5.75 Å². The van der Waals surface area contributed by atoms with Crippen LogP contribution in [0.2, 0.25) is 0 Å². The summed E-state index contributed by atoms with van der Waals surface area (Å²) < 4.78 is 16.1. The first-order valence-corrected chi connectivity index (χ1v) is 14.2. The van der Waals surface area contributed by atoms with Crippen molar-refractivity contribution < 1.29 is 24.2 Å². The molecule has 0 spiro atoms. The second-order valence-electron chi connectivity index (χ2n) is 12.2. The van der Waals surface area contributed by atoms with E-state index in [0.717, 1.165) is 12.1 Å². The maximum absolute atomic E-state index is 16.1. The number of fused-ring (bicyclic) bond motifs is 3. The largest absolute Gasteiger partial charge is 0.507 e. The molecule has 3 atom stereocenters. The highest BCUT2D eigenvalue weighted by molar-refractivity contribution is 6.23.